The Morgan fingerprint density at radius 1 is 1.38 bits per heavy atom. The summed E-state index contributed by atoms with van der Waals surface area (Å²) in [4.78, 5) is 14.8. The molecule has 8 heteroatoms. The maximum atomic E-state index is 12.4. The van der Waals surface area contributed by atoms with Gasteiger partial charge in [0.25, 0.3) is 0 Å². The Kier molecular flexibility index (Phi) is 4.79. The molecule has 1 fully saturated rings. The number of carboxylic acids is 1. The lowest BCUT2D eigenvalue weighted by Crippen LogP contribution is -2.41. The fourth-order valence-corrected chi connectivity index (χ4v) is 3.70. The number of aromatic nitrogens is 1. The Morgan fingerprint density at radius 3 is 2.67 bits per heavy atom. The van der Waals surface area contributed by atoms with E-state index < -0.39 is 16.2 Å². The van der Waals surface area contributed by atoms with Crippen molar-refractivity contribution in [2.75, 3.05) is 11.8 Å². The van der Waals surface area contributed by atoms with Gasteiger partial charge in [-0.15, -0.1) is 0 Å². The van der Waals surface area contributed by atoms with E-state index in [0.29, 0.717) is 0 Å². The zero-order valence-corrected chi connectivity index (χ0v) is 12.6. The van der Waals surface area contributed by atoms with Crippen LogP contribution in [0.1, 0.15) is 42.6 Å². The third kappa shape index (κ3) is 3.70. The Morgan fingerprint density at radius 2 is 2.05 bits per heavy atom. The molecule has 0 unspecified atom stereocenters. The molecule has 0 spiro atoms. The van der Waals surface area contributed by atoms with E-state index >= 15 is 0 Å². The molecule has 1 saturated carbocycles. The predicted molar refractivity (Wildman–Crippen MR) is 78.4 cm³/mol. The fourth-order valence-electron chi connectivity index (χ4n) is 2.51. The summed E-state index contributed by atoms with van der Waals surface area (Å²) in [5.74, 6) is -1.27. The van der Waals surface area contributed by atoms with Crippen molar-refractivity contribution in [1.82, 2.24) is 9.29 Å². The molecule has 2 N–H and O–H groups in total. The highest BCUT2D eigenvalue weighted by Crippen LogP contribution is 2.24. The topological polar surface area (TPSA) is 99.6 Å². The maximum absolute atomic E-state index is 12.4. The number of hydrogen-bond acceptors (Lipinski definition) is 4. The van der Waals surface area contributed by atoms with Gasteiger partial charge in [0.05, 0.1) is 5.69 Å². The summed E-state index contributed by atoms with van der Waals surface area (Å²) in [5, 5.41) is 9.04. The van der Waals surface area contributed by atoms with Crippen LogP contribution in [0.15, 0.2) is 18.3 Å². The Balaban J connectivity index is 2.19. The van der Waals surface area contributed by atoms with E-state index in [-0.39, 0.29) is 17.4 Å². The van der Waals surface area contributed by atoms with E-state index in [0.717, 1.165) is 32.1 Å². The number of carboxylic acid groups (broad SMARTS) is 1. The zero-order chi connectivity index (χ0) is 15.5. The highest BCUT2D eigenvalue weighted by Gasteiger charge is 2.28. The second kappa shape index (κ2) is 6.40. The smallest absolute Gasteiger partial charge is 0.356 e. The lowest BCUT2D eigenvalue weighted by atomic mass is 9.96. The molecule has 1 aromatic rings. The second-order valence-corrected chi connectivity index (χ2v) is 6.85. The van der Waals surface area contributed by atoms with Crippen LogP contribution < -0.4 is 4.72 Å². The van der Waals surface area contributed by atoms with Gasteiger partial charge in [-0.3, -0.25) is 4.72 Å². The highest BCUT2D eigenvalue weighted by molar-refractivity contribution is 7.90. The average Bonchev–Trinajstić information content (AvgIpc) is 2.47. The van der Waals surface area contributed by atoms with Crippen molar-refractivity contribution in [3.63, 3.8) is 0 Å². The monoisotopic (exact) mass is 313 g/mol. The molecule has 1 aliphatic carbocycles. The van der Waals surface area contributed by atoms with E-state index in [4.69, 9.17) is 5.11 Å². The summed E-state index contributed by atoms with van der Waals surface area (Å²) in [7, 11) is -2.27. The summed E-state index contributed by atoms with van der Waals surface area (Å²) in [6.45, 7) is 0. The first-order valence-electron chi connectivity index (χ1n) is 6.86. The number of rotatable bonds is 5. The molecular weight excluding hydrogens is 294 g/mol. The van der Waals surface area contributed by atoms with Crippen LogP contribution in [-0.2, 0) is 10.2 Å². The Labute approximate surface area is 124 Å². The van der Waals surface area contributed by atoms with Crippen LogP contribution in [0.3, 0.4) is 0 Å². The second-order valence-electron chi connectivity index (χ2n) is 5.12. The fraction of sp³-hybridized carbons (Fsp3) is 0.538. The SMILES string of the molecule is CN(C1CCCCC1)S(=O)(=O)Nc1cccnc1C(=O)O. The van der Waals surface area contributed by atoms with Gasteiger partial charge in [0.15, 0.2) is 5.69 Å². The molecule has 21 heavy (non-hydrogen) atoms. The standard InChI is InChI=1S/C13H19N3O4S/c1-16(10-6-3-2-4-7-10)21(19,20)15-11-8-5-9-14-12(11)13(17)18/h5,8-10,15H,2-4,6-7H2,1H3,(H,17,18). The van der Waals surface area contributed by atoms with Crippen LogP contribution in [0.25, 0.3) is 0 Å². The quantitative estimate of drug-likeness (QED) is 0.862. The van der Waals surface area contributed by atoms with E-state index in [1.807, 2.05) is 0 Å². The largest absolute Gasteiger partial charge is 0.476 e. The van der Waals surface area contributed by atoms with Crippen LogP contribution in [0.4, 0.5) is 5.69 Å². The summed E-state index contributed by atoms with van der Waals surface area (Å²) < 4.78 is 28.4. The van der Waals surface area contributed by atoms with Crippen molar-refractivity contribution in [3.8, 4) is 0 Å². The minimum atomic E-state index is -3.79. The zero-order valence-electron chi connectivity index (χ0n) is 11.8. The molecule has 0 aromatic carbocycles. The molecule has 0 radical (unpaired) electrons. The first-order valence-corrected chi connectivity index (χ1v) is 8.30. The molecular formula is C13H19N3O4S. The Bertz CT molecular complexity index is 612. The van der Waals surface area contributed by atoms with Crippen molar-refractivity contribution in [1.29, 1.82) is 0 Å². The number of aromatic carboxylic acids is 1. The minimum Gasteiger partial charge on any atom is -0.476 e. The van der Waals surface area contributed by atoms with E-state index in [2.05, 4.69) is 9.71 Å². The number of nitrogens with one attached hydrogen (secondary N) is 1. The van der Waals surface area contributed by atoms with Crippen LogP contribution in [-0.4, -0.2) is 41.9 Å². The Hall–Kier alpha value is -1.67. The summed E-state index contributed by atoms with van der Waals surface area (Å²) >= 11 is 0. The number of carbonyl (C=O) groups is 1. The van der Waals surface area contributed by atoms with Gasteiger partial charge in [-0.25, -0.2) is 9.78 Å². The van der Waals surface area contributed by atoms with Crippen molar-refractivity contribution >= 4 is 21.9 Å². The third-order valence-electron chi connectivity index (χ3n) is 3.72. The van der Waals surface area contributed by atoms with Gasteiger partial charge in [0, 0.05) is 19.3 Å². The van der Waals surface area contributed by atoms with Crippen LogP contribution >= 0.6 is 0 Å². The van der Waals surface area contributed by atoms with Crippen LogP contribution in [0.5, 0.6) is 0 Å². The van der Waals surface area contributed by atoms with E-state index in [1.54, 1.807) is 0 Å². The summed E-state index contributed by atoms with van der Waals surface area (Å²) in [6, 6.07) is 2.84. The van der Waals surface area contributed by atoms with Crippen molar-refractivity contribution < 1.29 is 18.3 Å². The normalized spacial score (nSPS) is 16.9. The van der Waals surface area contributed by atoms with Crippen molar-refractivity contribution in [3.05, 3.63) is 24.0 Å². The number of hydrogen-bond donors (Lipinski definition) is 2. The molecule has 0 aliphatic heterocycles. The molecule has 0 saturated heterocycles. The minimum absolute atomic E-state index is 0.0207. The van der Waals surface area contributed by atoms with Gasteiger partial charge in [-0.1, -0.05) is 19.3 Å². The number of pyridine rings is 1. The molecule has 1 aromatic heterocycles. The first-order chi connectivity index (χ1) is 9.92. The van der Waals surface area contributed by atoms with Crippen molar-refractivity contribution in [2.24, 2.45) is 0 Å². The molecule has 0 bridgehead atoms. The molecule has 2 rings (SSSR count). The number of anilines is 1. The van der Waals surface area contributed by atoms with E-state index in [9.17, 15) is 13.2 Å². The van der Waals surface area contributed by atoms with Gasteiger partial charge in [0.2, 0.25) is 0 Å². The first kappa shape index (κ1) is 15.7. The lowest BCUT2D eigenvalue weighted by Gasteiger charge is -2.30. The molecule has 0 amide bonds. The molecule has 1 aliphatic rings. The van der Waals surface area contributed by atoms with Gasteiger partial charge in [-0.2, -0.15) is 12.7 Å². The van der Waals surface area contributed by atoms with Gasteiger partial charge in [0.1, 0.15) is 0 Å². The predicted octanol–water partition coefficient (Wildman–Crippen LogP) is 1.70. The van der Waals surface area contributed by atoms with Crippen LogP contribution in [0, 0.1) is 0 Å². The summed E-state index contributed by atoms with van der Waals surface area (Å²) in [6.07, 6.45) is 6.12. The molecule has 0 atom stereocenters. The molecule has 7 nitrogen and oxygen atoms in total. The highest BCUT2D eigenvalue weighted by atomic mass is 32.2. The van der Waals surface area contributed by atoms with Gasteiger partial charge >= 0.3 is 16.2 Å². The van der Waals surface area contributed by atoms with Crippen molar-refractivity contribution in [2.45, 2.75) is 38.1 Å². The third-order valence-corrected chi connectivity index (χ3v) is 5.25. The van der Waals surface area contributed by atoms with Crippen LogP contribution in [0.2, 0.25) is 0 Å². The lowest BCUT2D eigenvalue weighted by molar-refractivity contribution is 0.0692. The molecule has 1 heterocycles. The average molecular weight is 313 g/mol. The van der Waals surface area contributed by atoms with Gasteiger partial charge in [-0.05, 0) is 25.0 Å². The molecule has 116 valence electrons. The summed E-state index contributed by atoms with van der Waals surface area (Å²) in [5.41, 5.74) is -0.328. The van der Waals surface area contributed by atoms with E-state index in [1.165, 1.54) is 29.7 Å². The number of nitrogens with zero attached hydrogens (tertiary/aromatic N) is 2. The maximum Gasteiger partial charge on any atom is 0.356 e. The van der Waals surface area contributed by atoms with Gasteiger partial charge < -0.3 is 5.11 Å².